The number of esters is 1. The van der Waals surface area contributed by atoms with E-state index in [4.69, 9.17) is 11.6 Å². The van der Waals surface area contributed by atoms with E-state index in [2.05, 4.69) is 9.72 Å². The summed E-state index contributed by atoms with van der Waals surface area (Å²) < 4.78 is 4.67. The Bertz CT molecular complexity index is 390. The SMILES string of the molecule is CCOC(=O)C=Cc1nc(Cl)ccc1O. The first-order valence-electron chi connectivity index (χ1n) is 4.34. The zero-order valence-corrected chi connectivity index (χ0v) is 8.86. The molecule has 0 aliphatic rings. The number of carbonyl (C=O) groups excluding carboxylic acids is 1. The number of carbonyl (C=O) groups is 1. The summed E-state index contributed by atoms with van der Waals surface area (Å²) in [4.78, 5) is 14.8. The van der Waals surface area contributed by atoms with Gasteiger partial charge in [0.25, 0.3) is 0 Å². The van der Waals surface area contributed by atoms with Crippen LogP contribution in [0.5, 0.6) is 5.75 Å². The molecule has 0 saturated heterocycles. The van der Waals surface area contributed by atoms with Gasteiger partial charge in [-0.25, -0.2) is 9.78 Å². The molecule has 0 saturated carbocycles. The van der Waals surface area contributed by atoms with Crippen molar-refractivity contribution in [1.29, 1.82) is 0 Å². The average molecular weight is 228 g/mol. The van der Waals surface area contributed by atoms with Crippen LogP contribution in [0.1, 0.15) is 12.6 Å². The normalized spacial score (nSPS) is 10.5. The van der Waals surface area contributed by atoms with Crippen molar-refractivity contribution in [3.8, 4) is 5.75 Å². The van der Waals surface area contributed by atoms with Crippen LogP contribution in [0.2, 0.25) is 5.15 Å². The maximum atomic E-state index is 11.0. The van der Waals surface area contributed by atoms with Gasteiger partial charge in [0.05, 0.1) is 6.61 Å². The first-order valence-corrected chi connectivity index (χ1v) is 4.71. The Morgan fingerprint density at radius 2 is 2.40 bits per heavy atom. The molecule has 15 heavy (non-hydrogen) atoms. The summed E-state index contributed by atoms with van der Waals surface area (Å²) in [6, 6.07) is 2.86. The van der Waals surface area contributed by atoms with Crippen molar-refractivity contribution < 1.29 is 14.6 Å². The van der Waals surface area contributed by atoms with Crippen LogP contribution in [0, 0.1) is 0 Å². The number of rotatable bonds is 3. The lowest BCUT2D eigenvalue weighted by Crippen LogP contribution is -1.98. The summed E-state index contributed by atoms with van der Waals surface area (Å²) >= 11 is 5.62. The van der Waals surface area contributed by atoms with Crippen LogP contribution < -0.4 is 0 Å². The zero-order chi connectivity index (χ0) is 11.3. The molecule has 1 N–H and O–H groups in total. The van der Waals surface area contributed by atoms with E-state index in [0.717, 1.165) is 0 Å². The molecule has 0 atom stereocenters. The molecule has 4 nitrogen and oxygen atoms in total. The predicted octanol–water partition coefficient (Wildman–Crippen LogP) is 2.02. The van der Waals surface area contributed by atoms with E-state index in [-0.39, 0.29) is 16.6 Å². The minimum Gasteiger partial charge on any atom is -0.506 e. The van der Waals surface area contributed by atoms with Crippen LogP contribution in [-0.2, 0) is 9.53 Å². The lowest BCUT2D eigenvalue weighted by atomic mass is 10.3. The van der Waals surface area contributed by atoms with E-state index < -0.39 is 5.97 Å². The maximum Gasteiger partial charge on any atom is 0.330 e. The Morgan fingerprint density at radius 3 is 3.07 bits per heavy atom. The molecule has 0 amide bonds. The number of aromatic hydroxyl groups is 1. The molecular formula is C10H10ClNO3. The molecular weight excluding hydrogens is 218 g/mol. The Balaban J connectivity index is 2.79. The van der Waals surface area contributed by atoms with Crippen LogP contribution in [0.25, 0.3) is 6.08 Å². The fourth-order valence-corrected chi connectivity index (χ4v) is 1.06. The van der Waals surface area contributed by atoms with Crippen LogP contribution in [0.4, 0.5) is 0 Å². The number of aromatic nitrogens is 1. The highest BCUT2D eigenvalue weighted by Gasteiger charge is 2.01. The highest BCUT2D eigenvalue weighted by atomic mass is 35.5. The number of hydrogen-bond acceptors (Lipinski definition) is 4. The van der Waals surface area contributed by atoms with E-state index in [9.17, 15) is 9.90 Å². The molecule has 1 aromatic heterocycles. The van der Waals surface area contributed by atoms with E-state index in [0.29, 0.717) is 6.61 Å². The van der Waals surface area contributed by atoms with Crippen molar-refractivity contribution in [1.82, 2.24) is 4.98 Å². The van der Waals surface area contributed by atoms with Gasteiger partial charge < -0.3 is 9.84 Å². The Morgan fingerprint density at radius 1 is 1.67 bits per heavy atom. The largest absolute Gasteiger partial charge is 0.506 e. The third kappa shape index (κ3) is 3.59. The second-order valence-electron chi connectivity index (χ2n) is 2.62. The molecule has 5 heteroatoms. The lowest BCUT2D eigenvalue weighted by Gasteiger charge is -1.98. The van der Waals surface area contributed by atoms with Gasteiger partial charge >= 0.3 is 5.97 Å². The zero-order valence-electron chi connectivity index (χ0n) is 8.11. The fourth-order valence-electron chi connectivity index (χ4n) is 0.903. The van der Waals surface area contributed by atoms with Crippen molar-refractivity contribution in [2.45, 2.75) is 6.92 Å². The summed E-state index contributed by atoms with van der Waals surface area (Å²) in [5, 5.41) is 9.60. The van der Waals surface area contributed by atoms with E-state index in [1.165, 1.54) is 24.3 Å². The van der Waals surface area contributed by atoms with Gasteiger partial charge in [-0.2, -0.15) is 0 Å². The molecule has 0 aliphatic carbocycles. The van der Waals surface area contributed by atoms with Gasteiger partial charge in [-0.1, -0.05) is 11.6 Å². The van der Waals surface area contributed by atoms with Gasteiger partial charge in [0.2, 0.25) is 0 Å². The fraction of sp³-hybridized carbons (Fsp3) is 0.200. The number of hydrogen-bond donors (Lipinski definition) is 1. The molecule has 1 rings (SSSR count). The van der Waals surface area contributed by atoms with Crippen molar-refractivity contribution in [3.63, 3.8) is 0 Å². The molecule has 1 heterocycles. The minimum atomic E-state index is -0.487. The molecule has 1 aromatic rings. The van der Waals surface area contributed by atoms with Gasteiger partial charge in [0, 0.05) is 6.08 Å². The van der Waals surface area contributed by atoms with Gasteiger partial charge in [0.15, 0.2) is 0 Å². The van der Waals surface area contributed by atoms with E-state index in [1.54, 1.807) is 6.92 Å². The summed E-state index contributed by atoms with van der Waals surface area (Å²) in [6.45, 7) is 2.01. The Labute approximate surface area is 92.2 Å². The van der Waals surface area contributed by atoms with Gasteiger partial charge in [-0.15, -0.1) is 0 Å². The number of ether oxygens (including phenoxy) is 1. The molecule has 0 bridgehead atoms. The van der Waals surface area contributed by atoms with Crippen LogP contribution >= 0.6 is 11.6 Å². The number of halogens is 1. The highest BCUT2D eigenvalue weighted by Crippen LogP contribution is 2.18. The van der Waals surface area contributed by atoms with Crippen LogP contribution in [0.3, 0.4) is 0 Å². The van der Waals surface area contributed by atoms with Gasteiger partial charge in [-0.3, -0.25) is 0 Å². The van der Waals surface area contributed by atoms with Crippen molar-refractivity contribution in [2.75, 3.05) is 6.61 Å². The summed E-state index contributed by atoms with van der Waals surface area (Å²) in [6.07, 6.45) is 2.53. The number of pyridine rings is 1. The smallest absolute Gasteiger partial charge is 0.330 e. The molecule has 0 fully saturated rings. The first kappa shape index (κ1) is 11.5. The van der Waals surface area contributed by atoms with Gasteiger partial charge in [0.1, 0.15) is 16.6 Å². The van der Waals surface area contributed by atoms with Crippen molar-refractivity contribution >= 4 is 23.6 Å². The monoisotopic (exact) mass is 227 g/mol. The molecule has 0 unspecified atom stereocenters. The third-order valence-electron chi connectivity index (χ3n) is 1.53. The first-order chi connectivity index (χ1) is 7.13. The molecule has 0 aliphatic heterocycles. The number of nitrogens with zero attached hydrogens (tertiary/aromatic N) is 1. The maximum absolute atomic E-state index is 11.0. The van der Waals surface area contributed by atoms with Crippen molar-refractivity contribution in [2.24, 2.45) is 0 Å². The molecule has 0 spiro atoms. The van der Waals surface area contributed by atoms with Crippen molar-refractivity contribution in [3.05, 3.63) is 29.1 Å². The third-order valence-corrected chi connectivity index (χ3v) is 1.74. The summed E-state index contributed by atoms with van der Waals surface area (Å²) in [5.74, 6) is -0.529. The second kappa shape index (κ2) is 5.36. The lowest BCUT2D eigenvalue weighted by molar-refractivity contribution is -0.137. The minimum absolute atomic E-state index is 0.0417. The summed E-state index contributed by atoms with van der Waals surface area (Å²) in [5.41, 5.74) is 0.232. The predicted molar refractivity (Wildman–Crippen MR) is 56.6 cm³/mol. The van der Waals surface area contributed by atoms with E-state index in [1.807, 2.05) is 0 Å². The Hall–Kier alpha value is -1.55. The quantitative estimate of drug-likeness (QED) is 0.488. The highest BCUT2D eigenvalue weighted by molar-refractivity contribution is 6.29. The summed E-state index contributed by atoms with van der Waals surface area (Å²) in [7, 11) is 0. The van der Waals surface area contributed by atoms with Crippen LogP contribution in [0.15, 0.2) is 18.2 Å². The molecule has 0 aromatic carbocycles. The molecule has 80 valence electrons. The van der Waals surface area contributed by atoms with Crippen LogP contribution in [-0.4, -0.2) is 22.7 Å². The molecule has 0 radical (unpaired) electrons. The van der Waals surface area contributed by atoms with E-state index >= 15 is 0 Å². The second-order valence-corrected chi connectivity index (χ2v) is 3.01. The average Bonchev–Trinajstić information content (AvgIpc) is 2.20. The standard InChI is InChI=1S/C10H10ClNO3/c1-2-15-10(14)6-3-7-8(13)4-5-9(11)12-7/h3-6,13H,2H2,1H3. The Kier molecular flexibility index (Phi) is 4.12. The van der Waals surface area contributed by atoms with Gasteiger partial charge in [-0.05, 0) is 25.1 Å². The topological polar surface area (TPSA) is 59.4 Å².